The van der Waals surface area contributed by atoms with Crippen LogP contribution in [0.5, 0.6) is 0 Å². The molecule has 4 rings (SSSR count). The molecular weight excluding hydrogens is 470 g/mol. The van der Waals surface area contributed by atoms with Crippen molar-refractivity contribution in [2.24, 2.45) is 5.92 Å². The van der Waals surface area contributed by atoms with Gasteiger partial charge >= 0.3 is 5.97 Å². The highest BCUT2D eigenvalue weighted by molar-refractivity contribution is 7.99. The summed E-state index contributed by atoms with van der Waals surface area (Å²) in [5, 5.41) is 20.6. The molecule has 35 heavy (non-hydrogen) atoms. The maximum Gasteiger partial charge on any atom is 0.336 e. The number of thioether (sulfide) groups is 1. The molecule has 2 aromatic rings. The molecule has 0 radical (unpaired) electrons. The van der Waals surface area contributed by atoms with Crippen LogP contribution >= 0.6 is 11.8 Å². The van der Waals surface area contributed by atoms with Crippen molar-refractivity contribution in [3.8, 4) is 0 Å². The van der Waals surface area contributed by atoms with Crippen molar-refractivity contribution in [2.45, 2.75) is 50.2 Å². The van der Waals surface area contributed by atoms with Crippen molar-refractivity contribution >= 4 is 29.3 Å². The zero-order chi connectivity index (χ0) is 25.1. The predicted octanol–water partition coefficient (Wildman–Crippen LogP) is 2.78. The van der Waals surface area contributed by atoms with Crippen LogP contribution in [-0.4, -0.2) is 39.6 Å². The molecule has 0 spiro atoms. The molecule has 3 N–H and O–H groups in total. The number of nitro benzene ring substituents is 1. The molecule has 4 atom stereocenters. The fourth-order valence-electron chi connectivity index (χ4n) is 4.37. The Morgan fingerprint density at radius 2 is 1.86 bits per heavy atom. The van der Waals surface area contributed by atoms with Gasteiger partial charge in [-0.05, 0) is 44.0 Å². The Morgan fingerprint density at radius 1 is 1.17 bits per heavy atom. The highest BCUT2D eigenvalue weighted by atomic mass is 32.2. The maximum absolute atomic E-state index is 13.4. The number of non-ortho nitro benzene ring substituents is 1. The quantitative estimate of drug-likeness (QED) is 0.300. The van der Waals surface area contributed by atoms with Crippen molar-refractivity contribution in [2.75, 3.05) is 0 Å². The number of benzene rings is 1. The Kier molecular flexibility index (Phi) is 7.37. The Morgan fingerprint density at radius 3 is 2.49 bits per heavy atom. The van der Waals surface area contributed by atoms with E-state index >= 15 is 0 Å². The molecular formula is C24H27N5O5S. The third-order valence-electron chi connectivity index (χ3n) is 5.90. The van der Waals surface area contributed by atoms with Crippen LogP contribution in [0.25, 0.3) is 0 Å². The van der Waals surface area contributed by atoms with E-state index in [2.05, 4.69) is 20.9 Å². The normalized spacial score (nSPS) is 23.8. The first kappa shape index (κ1) is 24.7. The Hall–Kier alpha value is -3.44. The van der Waals surface area contributed by atoms with Crippen molar-refractivity contribution in [1.82, 2.24) is 20.9 Å². The molecule has 0 bridgehead atoms. The van der Waals surface area contributed by atoms with Crippen molar-refractivity contribution in [3.63, 3.8) is 0 Å². The highest BCUT2D eigenvalue weighted by Gasteiger charge is 2.48. The summed E-state index contributed by atoms with van der Waals surface area (Å²) in [6, 6.07) is 9.96. The first-order valence-electron chi connectivity index (χ1n) is 11.2. The van der Waals surface area contributed by atoms with E-state index in [4.69, 9.17) is 4.74 Å². The van der Waals surface area contributed by atoms with Crippen molar-refractivity contribution in [3.05, 3.63) is 81.3 Å². The molecule has 10 nitrogen and oxygen atoms in total. The highest BCUT2D eigenvalue weighted by Crippen LogP contribution is 2.41. The second-order valence-electron chi connectivity index (χ2n) is 8.69. The van der Waals surface area contributed by atoms with Gasteiger partial charge in [0.05, 0.1) is 28.7 Å². The molecule has 1 fully saturated rings. The molecule has 0 aliphatic carbocycles. The summed E-state index contributed by atoms with van der Waals surface area (Å²) in [6.45, 7) is 5.39. The van der Waals surface area contributed by atoms with Crippen LogP contribution in [0.4, 0.5) is 5.69 Å². The summed E-state index contributed by atoms with van der Waals surface area (Å²) in [5.41, 5.74) is 2.44. The third-order valence-corrected chi connectivity index (χ3v) is 6.99. The average Bonchev–Trinajstić information content (AvgIpc) is 2.82. The lowest BCUT2D eigenvalue weighted by Crippen LogP contribution is -2.67. The topological polar surface area (TPSA) is 135 Å². The molecule has 1 saturated heterocycles. The second-order valence-corrected chi connectivity index (χ2v) is 9.78. The summed E-state index contributed by atoms with van der Waals surface area (Å²) in [6.07, 6.45) is 2.58. The number of amides is 1. The zero-order valence-electron chi connectivity index (χ0n) is 19.6. The molecule has 184 valence electrons. The number of nitrogens with zero attached hydrogens (tertiary/aromatic N) is 2. The number of fused-ring (bicyclic) bond motifs is 1. The number of rotatable bonds is 7. The van der Waals surface area contributed by atoms with Gasteiger partial charge in [0.25, 0.3) is 5.69 Å². The number of allylic oxidation sites excluding steroid dienone is 1. The molecule has 1 aromatic heterocycles. The van der Waals surface area contributed by atoms with E-state index in [9.17, 15) is 19.7 Å². The summed E-state index contributed by atoms with van der Waals surface area (Å²) >= 11 is 1.47. The number of aromatic nitrogens is 1. The lowest BCUT2D eigenvalue weighted by atomic mass is 9.74. The van der Waals surface area contributed by atoms with Gasteiger partial charge in [-0.25, -0.2) is 4.79 Å². The molecule has 11 heteroatoms. The molecule has 2 aliphatic rings. The van der Waals surface area contributed by atoms with Gasteiger partial charge in [-0.15, -0.1) is 11.8 Å². The predicted molar refractivity (Wildman–Crippen MR) is 131 cm³/mol. The SMILES string of the molecule is CC1=C(C(=O)OC(C)C)C(c2ccncc2)C2C(=O)NC(SCc3ccc([N+](=O)[O-])cc3)NC2N1. The average molecular weight is 498 g/mol. The van der Waals surface area contributed by atoms with E-state index in [1.54, 1.807) is 38.4 Å². The van der Waals surface area contributed by atoms with Crippen LogP contribution in [-0.2, 0) is 20.1 Å². The van der Waals surface area contributed by atoms with Gasteiger partial charge in [0.15, 0.2) is 0 Å². The largest absolute Gasteiger partial charge is 0.460 e. The minimum absolute atomic E-state index is 0.0355. The van der Waals surface area contributed by atoms with Gasteiger partial charge in [0, 0.05) is 41.9 Å². The summed E-state index contributed by atoms with van der Waals surface area (Å²) in [7, 11) is 0. The van der Waals surface area contributed by atoms with Gasteiger partial charge in [-0.1, -0.05) is 12.1 Å². The van der Waals surface area contributed by atoms with E-state index in [0.717, 1.165) is 11.1 Å². The smallest absolute Gasteiger partial charge is 0.336 e. The number of hydrogen-bond donors (Lipinski definition) is 3. The zero-order valence-corrected chi connectivity index (χ0v) is 20.4. The summed E-state index contributed by atoms with van der Waals surface area (Å²) < 4.78 is 5.51. The van der Waals surface area contributed by atoms with Crippen LogP contribution in [0.1, 0.15) is 37.8 Å². The van der Waals surface area contributed by atoms with E-state index in [1.807, 2.05) is 19.1 Å². The Labute approximate surface area is 207 Å². The van der Waals surface area contributed by atoms with E-state index in [-0.39, 0.29) is 23.2 Å². The molecule has 1 amide bonds. The first-order chi connectivity index (χ1) is 16.7. The minimum atomic E-state index is -0.591. The van der Waals surface area contributed by atoms with Crippen LogP contribution in [0.15, 0.2) is 60.1 Å². The van der Waals surface area contributed by atoms with Crippen LogP contribution in [0.3, 0.4) is 0 Å². The van der Waals surface area contributed by atoms with Gasteiger partial charge in [-0.2, -0.15) is 0 Å². The number of carbonyl (C=O) groups excluding carboxylic acids is 2. The number of pyridine rings is 1. The lowest BCUT2D eigenvalue weighted by Gasteiger charge is -2.45. The van der Waals surface area contributed by atoms with E-state index < -0.39 is 28.9 Å². The number of nitrogens with one attached hydrogen (secondary N) is 3. The number of nitro groups is 1. The van der Waals surface area contributed by atoms with E-state index in [0.29, 0.717) is 17.0 Å². The van der Waals surface area contributed by atoms with Gasteiger partial charge in [0.2, 0.25) is 5.91 Å². The minimum Gasteiger partial charge on any atom is -0.460 e. The van der Waals surface area contributed by atoms with Gasteiger partial charge < -0.3 is 15.4 Å². The van der Waals surface area contributed by atoms with Gasteiger partial charge in [0.1, 0.15) is 5.50 Å². The van der Waals surface area contributed by atoms with Crippen LogP contribution in [0, 0.1) is 16.0 Å². The van der Waals surface area contributed by atoms with E-state index in [1.165, 1.54) is 23.9 Å². The fourth-order valence-corrected chi connectivity index (χ4v) is 5.36. The molecule has 3 heterocycles. The third kappa shape index (κ3) is 5.46. The summed E-state index contributed by atoms with van der Waals surface area (Å²) in [5.74, 6) is -1.20. The van der Waals surface area contributed by atoms with Crippen LogP contribution in [0.2, 0.25) is 0 Å². The van der Waals surface area contributed by atoms with Crippen LogP contribution < -0.4 is 16.0 Å². The number of hydrogen-bond acceptors (Lipinski definition) is 9. The van der Waals surface area contributed by atoms with Crippen molar-refractivity contribution < 1.29 is 19.2 Å². The molecule has 4 unspecified atom stereocenters. The lowest BCUT2D eigenvalue weighted by molar-refractivity contribution is -0.384. The molecule has 1 aromatic carbocycles. The summed E-state index contributed by atoms with van der Waals surface area (Å²) in [4.78, 5) is 40.9. The second kappa shape index (κ2) is 10.4. The number of esters is 1. The monoisotopic (exact) mass is 497 g/mol. The molecule has 2 aliphatic heterocycles. The standard InChI is InChI=1S/C24H27N5O5S/c1-13(2)34-23(31)18-14(3)26-21-20(19(18)16-8-10-25-11-9-16)22(30)28-24(27-21)35-12-15-4-6-17(7-5-15)29(32)33/h4-11,13,19-21,24,26-27H,12H2,1-3H3,(H,28,30). The number of ether oxygens (including phenoxy) is 1. The molecule has 0 saturated carbocycles. The Bertz CT molecular complexity index is 1140. The number of carbonyl (C=O) groups is 2. The maximum atomic E-state index is 13.4. The Balaban J connectivity index is 1.55. The van der Waals surface area contributed by atoms with Crippen molar-refractivity contribution in [1.29, 1.82) is 0 Å². The fraction of sp³-hybridized carbons (Fsp3) is 0.375. The first-order valence-corrected chi connectivity index (χ1v) is 12.3. The van der Waals surface area contributed by atoms with Gasteiger partial charge in [-0.3, -0.25) is 25.2 Å².